The number of nitrogens with one attached hydrogen (secondary N) is 2. The number of rotatable bonds is 2. The van der Waals surface area contributed by atoms with Gasteiger partial charge in [-0.25, -0.2) is 0 Å². The van der Waals surface area contributed by atoms with Crippen molar-refractivity contribution in [3.63, 3.8) is 0 Å². The molecule has 0 spiro atoms. The zero-order valence-electron chi connectivity index (χ0n) is 9.42. The van der Waals surface area contributed by atoms with Crippen molar-refractivity contribution in [1.82, 2.24) is 20.2 Å². The third-order valence-corrected chi connectivity index (χ3v) is 2.64. The van der Waals surface area contributed by atoms with E-state index in [4.69, 9.17) is 0 Å². The normalized spacial score (nSPS) is 10.4. The van der Waals surface area contributed by atoms with Crippen LogP contribution >= 0.6 is 0 Å². The van der Waals surface area contributed by atoms with Gasteiger partial charge in [0.05, 0.1) is 23.8 Å². The Morgan fingerprint density at radius 1 is 1.00 bits per heavy atom. The lowest BCUT2D eigenvalue weighted by molar-refractivity contribution is 1.09. The molecule has 0 saturated heterocycles. The maximum absolute atomic E-state index is 11.2. The number of benzene rings is 1. The Morgan fingerprint density at radius 2 is 1.83 bits per heavy atom. The van der Waals surface area contributed by atoms with Gasteiger partial charge in [-0.2, -0.15) is 5.10 Å². The van der Waals surface area contributed by atoms with Crippen molar-refractivity contribution < 1.29 is 0 Å². The number of nitrogens with zero attached hydrogens (tertiary/aromatic N) is 2. The number of H-pyrrole nitrogens is 2. The predicted molar refractivity (Wildman–Crippen MR) is 67.9 cm³/mol. The van der Waals surface area contributed by atoms with Crippen LogP contribution in [0, 0.1) is 0 Å². The average Bonchev–Trinajstić information content (AvgIpc) is 2.93. The average molecular weight is 238 g/mol. The Morgan fingerprint density at radius 3 is 2.56 bits per heavy atom. The monoisotopic (exact) mass is 238 g/mol. The number of hydrogen-bond donors (Lipinski definition) is 2. The molecular weight excluding hydrogens is 228 g/mol. The van der Waals surface area contributed by atoms with E-state index in [1.54, 1.807) is 12.4 Å². The Hall–Kier alpha value is -2.69. The topological polar surface area (TPSA) is 74.4 Å². The summed E-state index contributed by atoms with van der Waals surface area (Å²) in [5.74, 6) is 0. The minimum atomic E-state index is -0.209. The lowest BCUT2D eigenvalue weighted by Gasteiger charge is -2.03. The molecular formula is C13H10N4O. The molecule has 88 valence electrons. The summed E-state index contributed by atoms with van der Waals surface area (Å²) in [6.07, 6.45) is 4.59. The molecule has 0 aliphatic rings. The van der Waals surface area contributed by atoms with Gasteiger partial charge in [-0.3, -0.25) is 14.9 Å². The van der Waals surface area contributed by atoms with E-state index in [9.17, 15) is 4.79 Å². The number of hydrogen-bond acceptors (Lipinski definition) is 3. The molecule has 18 heavy (non-hydrogen) atoms. The van der Waals surface area contributed by atoms with Crippen LogP contribution in [0.3, 0.4) is 0 Å². The predicted octanol–water partition coefficient (Wildman–Crippen LogP) is 1.83. The molecule has 0 saturated carbocycles. The third-order valence-electron chi connectivity index (χ3n) is 2.64. The molecule has 2 N–H and O–H groups in total. The van der Waals surface area contributed by atoms with Gasteiger partial charge >= 0.3 is 0 Å². The molecule has 0 aliphatic heterocycles. The van der Waals surface area contributed by atoms with E-state index in [-0.39, 0.29) is 5.56 Å². The van der Waals surface area contributed by atoms with Crippen molar-refractivity contribution in [2.24, 2.45) is 0 Å². The maximum Gasteiger partial charge on any atom is 0.266 e. The van der Waals surface area contributed by atoms with E-state index < -0.39 is 0 Å². The zero-order valence-corrected chi connectivity index (χ0v) is 9.42. The highest BCUT2D eigenvalue weighted by Crippen LogP contribution is 2.22. The van der Waals surface area contributed by atoms with Gasteiger partial charge < -0.3 is 4.98 Å². The van der Waals surface area contributed by atoms with E-state index in [1.807, 2.05) is 30.3 Å². The van der Waals surface area contributed by atoms with Crippen molar-refractivity contribution in [2.75, 3.05) is 0 Å². The quantitative estimate of drug-likeness (QED) is 0.715. The van der Waals surface area contributed by atoms with Crippen molar-refractivity contribution in [3.05, 3.63) is 59.3 Å². The van der Waals surface area contributed by atoms with Crippen LogP contribution < -0.4 is 5.56 Å². The number of aromatic nitrogens is 4. The van der Waals surface area contributed by atoms with Gasteiger partial charge in [-0.1, -0.05) is 18.2 Å². The van der Waals surface area contributed by atoms with Gasteiger partial charge in [0.25, 0.3) is 5.56 Å². The van der Waals surface area contributed by atoms with Crippen molar-refractivity contribution in [2.45, 2.75) is 0 Å². The second-order valence-corrected chi connectivity index (χ2v) is 3.86. The van der Waals surface area contributed by atoms with E-state index >= 15 is 0 Å². The molecule has 0 bridgehead atoms. The van der Waals surface area contributed by atoms with E-state index in [1.165, 1.54) is 6.20 Å². The molecule has 0 unspecified atom stereocenters. The van der Waals surface area contributed by atoms with Crippen LogP contribution in [0.4, 0.5) is 0 Å². The van der Waals surface area contributed by atoms with Gasteiger partial charge in [-0.15, -0.1) is 0 Å². The Balaban J connectivity index is 2.09. The summed E-state index contributed by atoms with van der Waals surface area (Å²) >= 11 is 0. The standard InChI is InChI=1S/C13H10N4O/c18-13-8-14-7-12(16-13)10-3-1-2-9(6-10)11-4-5-15-17-11/h1-8H,(H,15,17)(H,16,18). The summed E-state index contributed by atoms with van der Waals surface area (Å²) in [5.41, 5.74) is 3.34. The zero-order chi connectivity index (χ0) is 12.4. The molecule has 3 rings (SSSR count). The van der Waals surface area contributed by atoms with Crippen molar-refractivity contribution >= 4 is 0 Å². The Kier molecular flexibility index (Phi) is 2.49. The molecule has 5 nitrogen and oxygen atoms in total. The molecule has 5 heteroatoms. The van der Waals surface area contributed by atoms with Gasteiger partial charge in [0.2, 0.25) is 0 Å². The molecule has 0 aliphatic carbocycles. The highest BCUT2D eigenvalue weighted by Gasteiger charge is 2.03. The third kappa shape index (κ3) is 1.93. The van der Waals surface area contributed by atoms with E-state index in [2.05, 4.69) is 20.2 Å². The first-order valence-electron chi connectivity index (χ1n) is 5.47. The first-order chi connectivity index (χ1) is 8.83. The smallest absolute Gasteiger partial charge is 0.266 e. The van der Waals surface area contributed by atoms with Crippen LogP contribution in [0.1, 0.15) is 0 Å². The van der Waals surface area contributed by atoms with Crippen LogP contribution in [0.2, 0.25) is 0 Å². The fraction of sp³-hybridized carbons (Fsp3) is 0. The largest absolute Gasteiger partial charge is 0.319 e. The lowest BCUT2D eigenvalue weighted by Crippen LogP contribution is -2.05. The molecule has 0 radical (unpaired) electrons. The SMILES string of the molecule is O=c1cncc(-c2cccc(-c3ccn[nH]3)c2)[nH]1. The second-order valence-electron chi connectivity index (χ2n) is 3.86. The molecule has 1 aromatic carbocycles. The fourth-order valence-corrected chi connectivity index (χ4v) is 1.79. The summed E-state index contributed by atoms with van der Waals surface area (Å²) in [6, 6.07) is 9.70. The lowest BCUT2D eigenvalue weighted by atomic mass is 10.1. The minimum absolute atomic E-state index is 0.209. The summed E-state index contributed by atoms with van der Waals surface area (Å²) < 4.78 is 0. The van der Waals surface area contributed by atoms with Crippen LogP contribution in [0.15, 0.2) is 53.7 Å². The highest BCUT2D eigenvalue weighted by atomic mass is 16.1. The van der Waals surface area contributed by atoms with Crippen LogP contribution in [0.25, 0.3) is 22.5 Å². The van der Waals surface area contributed by atoms with Gasteiger partial charge in [0.1, 0.15) is 0 Å². The van der Waals surface area contributed by atoms with Gasteiger partial charge in [0.15, 0.2) is 0 Å². The minimum Gasteiger partial charge on any atom is -0.319 e. The van der Waals surface area contributed by atoms with Crippen LogP contribution in [0.5, 0.6) is 0 Å². The Bertz CT molecular complexity index is 716. The highest BCUT2D eigenvalue weighted by molar-refractivity contribution is 5.68. The molecule has 3 aromatic rings. The summed E-state index contributed by atoms with van der Waals surface area (Å²) in [5, 5.41) is 6.83. The van der Waals surface area contributed by atoms with Crippen molar-refractivity contribution in [1.29, 1.82) is 0 Å². The second kappa shape index (κ2) is 4.29. The summed E-state index contributed by atoms with van der Waals surface area (Å²) in [7, 11) is 0. The molecule has 2 aromatic heterocycles. The van der Waals surface area contributed by atoms with Gasteiger partial charge in [-0.05, 0) is 12.1 Å². The molecule has 2 heterocycles. The van der Waals surface area contributed by atoms with Crippen LogP contribution in [-0.4, -0.2) is 20.2 Å². The molecule has 0 amide bonds. The first-order valence-corrected chi connectivity index (χ1v) is 5.47. The maximum atomic E-state index is 11.2. The summed E-state index contributed by atoms with van der Waals surface area (Å²) in [4.78, 5) is 17.9. The molecule has 0 fully saturated rings. The Labute approximate surface area is 103 Å². The summed E-state index contributed by atoms with van der Waals surface area (Å²) in [6.45, 7) is 0. The number of aromatic amines is 2. The first kappa shape index (κ1) is 10.5. The fourth-order valence-electron chi connectivity index (χ4n) is 1.79. The van der Waals surface area contributed by atoms with Crippen LogP contribution in [-0.2, 0) is 0 Å². The van der Waals surface area contributed by atoms with E-state index in [0.717, 1.165) is 16.8 Å². The van der Waals surface area contributed by atoms with E-state index in [0.29, 0.717) is 5.69 Å². The molecule has 0 atom stereocenters. The van der Waals surface area contributed by atoms with Gasteiger partial charge in [0, 0.05) is 17.3 Å². The van der Waals surface area contributed by atoms with Crippen molar-refractivity contribution in [3.8, 4) is 22.5 Å².